The number of halogens is 4. The molecule has 0 radical (unpaired) electrons. The zero-order valence-electron chi connectivity index (χ0n) is 14.1. The second-order valence-electron chi connectivity index (χ2n) is 6.50. The van der Waals surface area contributed by atoms with E-state index in [4.69, 9.17) is 4.74 Å². The minimum Gasteiger partial charge on any atom is -1.00 e. The standard InChI is InChI=1S/C17H23F3N2O2.ClH/c1-23-16-15-10-21-9-13(15)11-22(16)8-2-3-12-4-6-14(7-5-12)24-17(18,19)20;/h4-7,13,15-16,21H,2-3,8-11H2,1H3;1H/p-1. The van der Waals surface area contributed by atoms with E-state index in [-0.39, 0.29) is 24.4 Å². The number of nitrogens with one attached hydrogen (secondary N) is 1. The molecule has 25 heavy (non-hydrogen) atoms. The van der Waals surface area contributed by atoms with Crippen molar-refractivity contribution in [1.82, 2.24) is 10.2 Å². The van der Waals surface area contributed by atoms with Crippen LogP contribution in [0.5, 0.6) is 5.75 Å². The summed E-state index contributed by atoms with van der Waals surface area (Å²) in [4.78, 5) is 2.39. The molecule has 4 nitrogen and oxygen atoms in total. The van der Waals surface area contributed by atoms with Gasteiger partial charge in [-0.3, -0.25) is 4.90 Å². The van der Waals surface area contributed by atoms with Gasteiger partial charge in [-0.1, -0.05) is 12.1 Å². The van der Waals surface area contributed by atoms with Crippen LogP contribution < -0.4 is 22.5 Å². The Morgan fingerprint density at radius 2 is 1.92 bits per heavy atom. The quantitative estimate of drug-likeness (QED) is 0.732. The minimum absolute atomic E-state index is 0. The smallest absolute Gasteiger partial charge is 0.573 e. The SMILES string of the molecule is COC1C2CNCC2CN1CCCc1ccc(OC(F)(F)F)cc1.[Cl-]. The summed E-state index contributed by atoms with van der Waals surface area (Å²) in [6.45, 7) is 4.06. The summed E-state index contributed by atoms with van der Waals surface area (Å²) >= 11 is 0. The van der Waals surface area contributed by atoms with Crippen molar-refractivity contribution in [3.05, 3.63) is 29.8 Å². The fourth-order valence-electron chi connectivity index (χ4n) is 3.85. The molecule has 0 aromatic heterocycles. The first kappa shape index (κ1) is 20.3. The second-order valence-corrected chi connectivity index (χ2v) is 6.50. The molecule has 1 aromatic rings. The number of benzene rings is 1. The van der Waals surface area contributed by atoms with Gasteiger partial charge in [-0.05, 0) is 43.0 Å². The monoisotopic (exact) mass is 379 g/mol. The lowest BCUT2D eigenvalue weighted by atomic mass is 9.99. The first-order valence-electron chi connectivity index (χ1n) is 8.28. The van der Waals surface area contributed by atoms with Gasteiger partial charge in [0.15, 0.2) is 0 Å². The maximum absolute atomic E-state index is 12.1. The maximum atomic E-state index is 12.1. The van der Waals surface area contributed by atoms with Crippen LogP contribution in [-0.2, 0) is 11.2 Å². The van der Waals surface area contributed by atoms with Gasteiger partial charge >= 0.3 is 6.36 Å². The molecule has 8 heteroatoms. The van der Waals surface area contributed by atoms with Crippen molar-refractivity contribution in [3.63, 3.8) is 0 Å². The van der Waals surface area contributed by atoms with Crippen molar-refractivity contribution in [2.45, 2.75) is 25.4 Å². The van der Waals surface area contributed by atoms with Gasteiger partial charge in [-0.15, -0.1) is 13.2 Å². The molecule has 2 heterocycles. The third-order valence-corrected chi connectivity index (χ3v) is 4.90. The molecule has 0 amide bonds. The summed E-state index contributed by atoms with van der Waals surface area (Å²) in [5.41, 5.74) is 1.01. The van der Waals surface area contributed by atoms with Gasteiger partial charge in [-0.25, -0.2) is 0 Å². The highest BCUT2D eigenvalue weighted by Gasteiger charge is 2.43. The Morgan fingerprint density at radius 3 is 2.56 bits per heavy atom. The number of rotatable bonds is 6. The zero-order valence-corrected chi connectivity index (χ0v) is 14.8. The van der Waals surface area contributed by atoms with Crippen molar-refractivity contribution in [1.29, 1.82) is 0 Å². The zero-order chi connectivity index (χ0) is 17.2. The third kappa shape index (κ3) is 5.23. The van der Waals surface area contributed by atoms with Crippen LogP contribution in [0.3, 0.4) is 0 Å². The molecule has 142 valence electrons. The number of alkyl halides is 3. The molecular formula is C17H23ClF3N2O2-. The molecular weight excluding hydrogens is 357 g/mol. The summed E-state index contributed by atoms with van der Waals surface area (Å²) in [6, 6.07) is 6.12. The van der Waals surface area contributed by atoms with Crippen LogP contribution in [0.2, 0.25) is 0 Å². The van der Waals surface area contributed by atoms with Gasteiger partial charge in [0.25, 0.3) is 0 Å². The van der Waals surface area contributed by atoms with Gasteiger partial charge in [0.2, 0.25) is 0 Å². The number of fused-ring (bicyclic) bond motifs is 1. The van der Waals surface area contributed by atoms with Crippen LogP contribution >= 0.6 is 0 Å². The Bertz CT molecular complexity index is 542. The van der Waals surface area contributed by atoms with E-state index in [1.165, 1.54) is 12.1 Å². The third-order valence-electron chi connectivity index (χ3n) is 4.90. The molecule has 2 aliphatic heterocycles. The topological polar surface area (TPSA) is 33.7 Å². The van der Waals surface area contributed by atoms with Gasteiger partial charge in [0.05, 0.1) is 0 Å². The number of methoxy groups -OCH3 is 1. The Hall–Kier alpha value is -1.02. The minimum atomic E-state index is -4.64. The van der Waals surface area contributed by atoms with E-state index >= 15 is 0 Å². The Morgan fingerprint density at radius 1 is 1.20 bits per heavy atom. The molecule has 1 N–H and O–H groups in total. The highest BCUT2D eigenvalue weighted by atomic mass is 35.5. The average molecular weight is 380 g/mol. The fourth-order valence-corrected chi connectivity index (χ4v) is 3.85. The van der Waals surface area contributed by atoms with Crippen LogP contribution in [0, 0.1) is 11.8 Å². The van der Waals surface area contributed by atoms with E-state index in [1.54, 1.807) is 19.2 Å². The van der Waals surface area contributed by atoms with E-state index in [2.05, 4.69) is 15.0 Å². The lowest BCUT2D eigenvalue weighted by Gasteiger charge is -2.26. The normalized spacial score (nSPS) is 26.3. The second kappa shape index (κ2) is 8.58. The Kier molecular flexibility index (Phi) is 6.96. The van der Waals surface area contributed by atoms with Gasteiger partial charge in [0.1, 0.15) is 12.0 Å². The van der Waals surface area contributed by atoms with E-state index in [0.29, 0.717) is 11.8 Å². The van der Waals surface area contributed by atoms with Crippen molar-refractivity contribution in [2.24, 2.45) is 11.8 Å². The van der Waals surface area contributed by atoms with Crippen LogP contribution in [0.4, 0.5) is 13.2 Å². The number of hydrogen-bond donors (Lipinski definition) is 1. The molecule has 0 bridgehead atoms. The van der Waals surface area contributed by atoms with Crippen LogP contribution in [0.25, 0.3) is 0 Å². The number of nitrogens with zero attached hydrogens (tertiary/aromatic N) is 1. The van der Waals surface area contributed by atoms with E-state index < -0.39 is 6.36 Å². The summed E-state index contributed by atoms with van der Waals surface area (Å²) < 4.78 is 46.0. The van der Waals surface area contributed by atoms with E-state index in [0.717, 1.165) is 44.6 Å². The van der Waals surface area contributed by atoms with E-state index in [1.807, 2.05) is 0 Å². The molecule has 3 rings (SSSR count). The van der Waals surface area contributed by atoms with Crippen molar-refractivity contribution >= 4 is 0 Å². The lowest BCUT2D eigenvalue weighted by molar-refractivity contribution is -0.274. The summed E-state index contributed by atoms with van der Waals surface area (Å²) in [6.07, 6.45) is -2.69. The number of likely N-dealkylation sites (tertiary alicyclic amines) is 1. The molecule has 2 saturated heterocycles. The molecule has 0 saturated carbocycles. The maximum Gasteiger partial charge on any atom is 0.573 e. The summed E-state index contributed by atoms with van der Waals surface area (Å²) in [5, 5.41) is 3.41. The molecule has 0 aliphatic carbocycles. The number of aryl methyl sites for hydroxylation is 1. The lowest BCUT2D eigenvalue weighted by Crippen LogP contribution is -3.00. The van der Waals surface area contributed by atoms with Crippen molar-refractivity contribution in [2.75, 3.05) is 33.3 Å². The van der Waals surface area contributed by atoms with Crippen molar-refractivity contribution in [3.8, 4) is 5.75 Å². The van der Waals surface area contributed by atoms with Crippen LogP contribution in [0.1, 0.15) is 12.0 Å². The van der Waals surface area contributed by atoms with Gasteiger partial charge in [0, 0.05) is 32.7 Å². The van der Waals surface area contributed by atoms with Crippen LogP contribution in [0.15, 0.2) is 24.3 Å². The van der Waals surface area contributed by atoms with Crippen LogP contribution in [-0.4, -0.2) is 50.8 Å². The predicted molar refractivity (Wildman–Crippen MR) is 83.7 cm³/mol. The molecule has 1 aromatic carbocycles. The van der Waals surface area contributed by atoms with Gasteiger partial charge < -0.3 is 27.2 Å². The first-order valence-corrected chi connectivity index (χ1v) is 8.28. The molecule has 0 spiro atoms. The van der Waals surface area contributed by atoms with Gasteiger partial charge in [-0.2, -0.15) is 0 Å². The first-order chi connectivity index (χ1) is 11.5. The summed E-state index contributed by atoms with van der Waals surface area (Å²) in [5.74, 6) is 1.05. The average Bonchev–Trinajstić information content (AvgIpc) is 3.08. The van der Waals surface area contributed by atoms with E-state index in [9.17, 15) is 13.2 Å². The van der Waals surface area contributed by atoms with Crippen molar-refractivity contribution < 1.29 is 35.1 Å². The molecule has 3 unspecified atom stereocenters. The largest absolute Gasteiger partial charge is 1.00 e. The number of ether oxygens (including phenoxy) is 2. The molecule has 2 aliphatic rings. The number of hydrogen-bond acceptors (Lipinski definition) is 4. The highest BCUT2D eigenvalue weighted by molar-refractivity contribution is 5.27. The highest BCUT2D eigenvalue weighted by Crippen LogP contribution is 2.33. The molecule has 2 fully saturated rings. The molecule has 3 atom stereocenters. The summed E-state index contributed by atoms with van der Waals surface area (Å²) in [7, 11) is 1.76. The fraction of sp³-hybridized carbons (Fsp3) is 0.647. The Labute approximate surface area is 152 Å². The Balaban J connectivity index is 0.00000225. The predicted octanol–water partition coefficient (Wildman–Crippen LogP) is -0.354.